The number of benzene rings is 1. The molecule has 1 aliphatic rings. The van der Waals surface area contributed by atoms with E-state index in [0.717, 1.165) is 18.4 Å². The highest BCUT2D eigenvalue weighted by atomic mass is 16.5. The highest BCUT2D eigenvalue weighted by Crippen LogP contribution is 2.30. The van der Waals surface area contributed by atoms with Crippen molar-refractivity contribution in [2.24, 2.45) is 0 Å². The second-order valence-corrected chi connectivity index (χ2v) is 4.57. The smallest absolute Gasteiger partial charge is 0.340 e. The van der Waals surface area contributed by atoms with Crippen LogP contribution < -0.4 is 5.32 Å². The summed E-state index contributed by atoms with van der Waals surface area (Å²) in [5, 5.41) is 11.9. The van der Waals surface area contributed by atoms with Crippen molar-refractivity contribution < 1.29 is 19.4 Å². The van der Waals surface area contributed by atoms with Gasteiger partial charge in [-0.15, -0.1) is 0 Å². The zero-order valence-corrected chi connectivity index (χ0v) is 10.8. The molecule has 0 saturated heterocycles. The minimum Gasteiger partial charge on any atom is -0.480 e. The first-order valence-electron chi connectivity index (χ1n) is 6.41. The van der Waals surface area contributed by atoms with Gasteiger partial charge in [0.2, 0.25) is 0 Å². The minimum atomic E-state index is -0.915. The van der Waals surface area contributed by atoms with E-state index < -0.39 is 18.0 Å². The molecule has 1 atom stereocenters. The molecule has 1 aromatic rings. The fourth-order valence-corrected chi connectivity index (χ4v) is 2.09. The molecule has 1 aromatic carbocycles. The molecule has 19 heavy (non-hydrogen) atoms. The lowest BCUT2D eigenvalue weighted by Crippen LogP contribution is -2.26. The van der Waals surface area contributed by atoms with Crippen LogP contribution in [-0.2, 0) is 16.0 Å². The van der Waals surface area contributed by atoms with Gasteiger partial charge in [-0.2, -0.15) is 0 Å². The van der Waals surface area contributed by atoms with Crippen molar-refractivity contribution in [3.63, 3.8) is 0 Å². The van der Waals surface area contributed by atoms with Crippen molar-refractivity contribution >= 4 is 17.6 Å². The van der Waals surface area contributed by atoms with E-state index >= 15 is 0 Å². The summed E-state index contributed by atoms with van der Waals surface area (Å²) in [4.78, 5) is 22.9. The van der Waals surface area contributed by atoms with Gasteiger partial charge in [0.15, 0.2) is 0 Å². The second-order valence-electron chi connectivity index (χ2n) is 4.57. The van der Waals surface area contributed by atoms with Gasteiger partial charge in [0.1, 0.15) is 6.04 Å². The second kappa shape index (κ2) is 5.73. The predicted octanol–water partition coefficient (Wildman–Crippen LogP) is 2.06. The highest BCUT2D eigenvalue weighted by molar-refractivity contribution is 5.98. The zero-order valence-electron chi connectivity index (χ0n) is 10.8. The average molecular weight is 263 g/mol. The quantitative estimate of drug-likeness (QED) is 0.628. The van der Waals surface area contributed by atoms with Crippen molar-refractivity contribution in [2.75, 3.05) is 11.9 Å². The summed E-state index contributed by atoms with van der Waals surface area (Å²) in [6.45, 7) is 2.41. The van der Waals surface area contributed by atoms with Gasteiger partial charge in [0.05, 0.1) is 17.9 Å². The van der Waals surface area contributed by atoms with E-state index in [1.165, 1.54) is 0 Å². The molecule has 1 aliphatic heterocycles. The van der Waals surface area contributed by atoms with Crippen molar-refractivity contribution in [2.45, 2.75) is 32.2 Å². The number of nitrogens with one attached hydrogen (secondary N) is 1. The number of carboxylic acids is 1. The van der Waals surface area contributed by atoms with E-state index in [1.54, 1.807) is 12.1 Å². The average Bonchev–Trinajstić information content (AvgIpc) is 2.82. The van der Waals surface area contributed by atoms with Gasteiger partial charge in [-0.1, -0.05) is 25.5 Å². The van der Waals surface area contributed by atoms with Crippen molar-refractivity contribution in [1.82, 2.24) is 0 Å². The number of aliphatic carboxylic acids is 1. The SMILES string of the molecule is CCCCOC(=O)c1cccc2c1NC(C(=O)O)C2. The van der Waals surface area contributed by atoms with E-state index in [1.807, 2.05) is 13.0 Å². The summed E-state index contributed by atoms with van der Waals surface area (Å²) in [7, 11) is 0. The molecular formula is C14H17NO4. The van der Waals surface area contributed by atoms with Crippen molar-refractivity contribution in [1.29, 1.82) is 0 Å². The van der Waals surface area contributed by atoms with Gasteiger partial charge < -0.3 is 15.2 Å². The maximum Gasteiger partial charge on any atom is 0.340 e. The monoisotopic (exact) mass is 263 g/mol. The van der Waals surface area contributed by atoms with Gasteiger partial charge in [-0.3, -0.25) is 0 Å². The summed E-state index contributed by atoms with van der Waals surface area (Å²) in [5.41, 5.74) is 1.85. The third-order valence-corrected chi connectivity index (χ3v) is 3.14. The minimum absolute atomic E-state index is 0.390. The van der Waals surface area contributed by atoms with E-state index in [0.29, 0.717) is 24.3 Å². The molecule has 0 aliphatic carbocycles. The number of hydrogen-bond acceptors (Lipinski definition) is 4. The molecule has 102 valence electrons. The number of unbranched alkanes of at least 4 members (excludes halogenated alkanes) is 1. The normalized spacial score (nSPS) is 16.6. The van der Waals surface area contributed by atoms with E-state index in [9.17, 15) is 9.59 Å². The van der Waals surface area contributed by atoms with Crippen LogP contribution in [0.5, 0.6) is 0 Å². The lowest BCUT2D eigenvalue weighted by molar-refractivity contribution is -0.137. The Morgan fingerprint density at radius 1 is 1.47 bits per heavy atom. The first kappa shape index (κ1) is 13.4. The van der Waals surface area contributed by atoms with Crippen molar-refractivity contribution in [3.05, 3.63) is 29.3 Å². The fraction of sp³-hybridized carbons (Fsp3) is 0.429. The molecule has 2 rings (SSSR count). The molecule has 0 fully saturated rings. The Kier molecular flexibility index (Phi) is 4.04. The van der Waals surface area contributed by atoms with Crippen LogP contribution in [0, 0.1) is 0 Å². The largest absolute Gasteiger partial charge is 0.480 e. The number of carboxylic acid groups (broad SMARTS) is 1. The summed E-state index contributed by atoms with van der Waals surface area (Å²) in [6, 6.07) is 4.57. The number of fused-ring (bicyclic) bond motifs is 1. The molecule has 0 bridgehead atoms. The summed E-state index contributed by atoms with van der Waals surface area (Å²) >= 11 is 0. The van der Waals surface area contributed by atoms with Crippen molar-refractivity contribution in [3.8, 4) is 0 Å². The number of rotatable bonds is 5. The van der Waals surface area contributed by atoms with Crippen LogP contribution in [0.25, 0.3) is 0 Å². The van der Waals surface area contributed by atoms with E-state index in [2.05, 4.69) is 5.32 Å². The molecule has 0 amide bonds. The molecule has 0 radical (unpaired) electrons. The summed E-state index contributed by atoms with van der Waals surface area (Å²) < 4.78 is 5.16. The molecule has 1 heterocycles. The third-order valence-electron chi connectivity index (χ3n) is 3.14. The summed E-state index contributed by atoms with van der Waals surface area (Å²) in [6.07, 6.45) is 2.17. The molecule has 0 saturated carbocycles. The Balaban J connectivity index is 2.14. The summed E-state index contributed by atoms with van der Waals surface area (Å²) in [5.74, 6) is -1.31. The molecule has 0 aromatic heterocycles. The molecule has 5 nitrogen and oxygen atoms in total. The van der Waals surface area contributed by atoms with E-state index in [-0.39, 0.29) is 0 Å². The Morgan fingerprint density at radius 2 is 2.26 bits per heavy atom. The first-order chi connectivity index (χ1) is 9.13. The predicted molar refractivity (Wildman–Crippen MR) is 70.4 cm³/mol. The van der Waals surface area contributed by atoms with Gasteiger partial charge in [-0.25, -0.2) is 9.59 Å². The number of carbonyl (C=O) groups is 2. The standard InChI is InChI=1S/C14H17NO4/c1-2-3-7-19-14(18)10-6-4-5-9-8-11(13(16)17)15-12(9)10/h4-6,11,15H,2-3,7-8H2,1H3,(H,16,17). The first-order valence-corrected chi connectivity index (χ1v) is 6.41. The Labute approximate surface area is 111 Å². The van der Waals surface area contributed by atoms with Crippen LogP contribution in [0.3, 0.4) is 0 Å². The van der Waals surface area contributed by atoms with Gasteiger partial charge >= 0.3 is 11.9 Å². The van der Waals surface area contributed by atoms with Crippen LogP contribution in [0.4, 0.5) is 5.69 Å². The molecule has 0 spiro atoms. The molecular weight excluding hydrogens is 246 g/mol. The maximum atomic E-state index is 11.9. The van der Waals surface area contributed by atoms with Crippen LogP contribution in [0.2, 0.25) is 0 Å². The van der Waals surface area contributed by atoms with Gasteiger partial charge in [0.25, 0.3) is 0 Å². The van der Waals surface area contributed by atoms with Crippen LogP contribution in [0.1, 0.15) is 35.7 Å². The molecule has 2 N–H and O–H groups in total. The van der Waals surface area contributed by atoms with Crippen LogP contribution >= 0.6 is 0 Å². The Bertz CT molecular complexity index is 498. The Hall–Kier alpha value is -2.04. The number of carbonyl (C=O) groups excluding carboxylic acids is 1. The number of para-hydroxylation sites is 1. The highest BCUT2D eigenvalue weighted by Gasteiger charge is 2.29. The Morgan fingerprint density at radius 3 is 2.95 bits per heavy atom. The molecule has 1 unspecified atom stereocenters. The fourth-order valence-electron chi connectivity index (χ4n) is 2.09. The van der Waals surface area contributed by atoms with Gasteiger partial charge in [0, 0.05) is 6.42 Å². The number of ether oxygens (including phenoxy) is 1. The lowest BCUT2D eigenvalue weighted by Gasteiger charge is -2.09. The van der Waals surface area contributed by atoms with E-state index in [4.69, 9.17) is 9.84 Å². The zero-order chi connectivity index (χ0) is 13.8. The topological polar surface area (TPSA) is 75.6 Å². The third kappa shape index (κ3) is 2.86. The van der Waals surface area contributed by atoms with Gasteiger partial charge in [-0.05, 0) is 18.1 Å². The number of esters is 1. The molecule has 5 heteroatoms. The van der Waals surface area contributed by atoms with Crippen LogP contribution in [-0.4, -0.2) is 29.7 Å². The van der Waals surface area contributed by atoms with Crippen LogP contribution in [0.15, 0.2) is 18.2 Å². The maximum absolute atomic E-state index is 11.9. The lowest BCUT2D eigenvalue weighted by atomic mass is 10.1. The number of anilines is 1. The number of hydrogen-bond donors (Lipinski definition) is 2.